The maximum absolute atomic E-state index is 12.3. The second kappa shape index (κ2) is 11.3. The van der Waals surface area contributed by atoms with E-state index in [0.717, 1.165) is 11.3 Å². The minimum Gasteiger partial charge on any atom is -0.376 e. The molecule has 0 bridgehead atoms. The van der Waals surface area contributed by atoms with Crippen molar-refractivity contribution in [3.05, 3.63) is 95.6 Å². The molecule has 0 fully saturated rings. The van der Waals surface area contributed by atoms with Crippen molar-refractivity contribution < 1.29 is 14.4 Å². The molecule has 0 spiro atoms. The molecular weight excluding hydrogens is 404 g/mol. The summed E-state index contributed by atoms with van der Waals surface area (Å²) >= 11 is 0. The molecule has 164 valence electrons. The van der Waals surface area contributed by atoms with Gasteiger partial charge in [-0.15, -0.1) is 0 Å². The predicted molar refractivity (Wildman–Crippen MR) is 126 cm³/mol. The van der Waals surface area contributed by atoms with Crippen LogP contribution in [0.25, 0.3) is 0 Å². The van der Waals surface area contributed by atoms with E-state index in [4.69, 9.17) is 0 Å². The van der Waals surface area contributed by atoms with Gasteiger partial charge in [0, 0.05) is 35.6 Å². The Labute approximate surface area is 187 Å². The monoisotopic (exact) mass is 430 g/mol. The summed E-state index contributed by atoms with van der Waals surface area (Å²) in [7, 11) is 0. The normalized spacial score (nSPS) is 10.2. The van der Waals surface area contributed by atoms with Crippen LogP contribution in [0.2, 0.25) is 0 Å². The van der Waals surface area contributed by atoms with Crippen LogP contribution in [-0.2, 0) is 11.3 Å². The molecule has 0 aliphatic carbocycles. The van der Waals surface area contributed by atoms with Crippen molar-refractivity contribution in [1.82, 2.24) is 10.6 Å². The van der Waals surface area contributed by atoms with Gasteiger partial charge < -0.3 is 21.3 Å². The van der Waals surface area contributed by atoms with Gasteiger partial charge in [-0.05, 0) is 55.0 Å². The van der Waals surface area contributed by atoms with E-state index >= 15 is 0 Å². The first-order chi connectivity index (χ1) is 15.5. The molecule has 7 nitrogen and oxygen atoms in total. The van der Waals surface area contributed by atoms with Gasteiger partial charge in [0.2, 0.25) is 5.91 Å². The van der Waals surface area contributed by atoms with Gasteiger partial charge in [0.05, 0.1) is 6.54 Å². The molecule has 0 aromatic heterocycles. The molecule has 0 saturated carbocycles. The molecule has 3 aromatic carbocycles. The van der Waals surface area contributed by atoms with Crippen LogP contribution in [0.5, 0.6) is 0 Å². The molecule has 0 heterocycles. The number of carbonyl (C=O) groups excluding carboxylic acids is 3. The van der Waals surface area contributed by atoms with E-state index in [9.17, 15) is 14.4 Å². The highest BCUT2D eigenvalue weighted by molar-refractivity contribution is 5.98. The first kappa shape index (κ1) is 22.6. The lowest BCUT2D eigenvalue weighted by atomic mass is 10.1. The highest BCUT2D eigenvalue weighted by atomic mass is 16.2. The Bertz CT molecular complexity index is 1070. The SMILES string of the molecule is CCNC(=O)c1cccc(NC(=O)CNc2ccc(C(=O)NCc3ccccc3)cc2)c1. The van der Waals surface area contributed by atoms with Crippen molar-refractivity contribution in [3.63, 3.8) is 0 Å². The number of hydrogen-bond donors (Lipinski definition) is 4. The second-order valence-corrected chi connectivity index (χ2v) is 7.09. The third-order valence-electron chi connectivity index (χ3n) is 4.64. The molecule has 3 rings (SSSR count). The number of amides is 3. The Hall–Kier alpha value is -4.13. The summed E-state index contributed by atoms with van der Waals surface area (Å²) in [5, 5.41) is 11.4. The van der Waals surface area contributed by atoms with Crippen molar-refractivity contribution in [3.8, 4) is 0 Å². The number of nitrogens with one attached hydrogen (secondary N) is 4. The maximum Gasteiger partial charge on any atom is 0.251 e. The van der Waals surface area contributed by atoms with Crippen LogP contribution < -0.4 is 21.3 Å². The Morgan fingerprint density at radius 1 is 0.719 bits per heavy atom. The first-order valence-electron chi connectivity index (χ1n) is 10.4. The number of benzene rings is 3. The largest absolute Gasteiger partial charge is 0.376 e. The summed E-state index contributed by atoms with van der Waals surface area (Å²) in [6.45, 7) is 2.89. The van der Waals surface area contributed by atoms with E-state index in [1.54, 1.807) is 48.5 Å². The lowest BCUT2D eigenvalue weighted by Gasteiger charge is -2.10. The molecule has 3 aromatic rings. The van der Waals surface area contributed by atoms with Crippen LogP contribution in [-0.4, -0.2) is 30.8 Å². The average Bonchev–Trinajstić information content (AvgIpc) is 2.82. The molecule has 0 saturated heterocycles. The fraction of sp³-hybridized carbons (Fsp3) is 0.160. The first-order valence-corrected chi connectivity index (χ1v) is 10.4. The Morgan fingerprint density at radius 3 is 2.16 bits per heavy atom. The van der Waals surface area contributed by atoms with Crippen molar-refractivity contribution in [2.75, 3.05) is 23.7 Å². The minimum absolute atomic E-state index is 0.0466. The fourth-order valence-electron chi connectivity index (χ4n) is 3.01. The van der Waals surface area contributed by atoms with Crippen LogP contribution in [0.4, 0.5) is 11.4 Å². The van der Waals surface area contributed by atoms with Gasteiger partial charge in [0.25, 0.3) is 11.8 Å². The molecule has 7 heteroatoms. The zero-order valence-electron chi connectivity index (χ0n) is 17.9. The van der Waals surface area contributed by atoms with Gasteiger partial charge in [-0.2, -0.15) is 0 Å². The van der Waals surface area contributed by atoms with E-state index in [2.05, 4.69) is 21.3 Å². The van der Waals surface area contributed by atoms with E-state index in [0.29, 0.717) is 29.9 Å². The Balaban J connectivity index is 1.47. The molecule has 0 aliphatic heterocycles. The maximum atomic E-state index is 12.3. The van der Waals surface area contributed by atoms with E-state index in [-0.39, 0.29) is 24.3 Å². The van der Waals surface area contributed by atoms with E-state index < -0.39 is 0 Å². The highest BCUT2D eigenvalue weighted by Gasteiger charge is 2.08. The lowest BCUT2D eigenvalue weighted by molar-refractivity contribution is -0.114. The predicted octanol–water partition coefficient (Wildman–Crippen LogP) is 3.42. The second-order valence-electron chi connectivity index (χ2n) is 7.09. The summed E-state index contributed by atoms with van der Waals surface area (Å²) in [5.74, 6) is -0.595. The summed E-state index contributed by atoms with van der Waals surface area (Å²) in [4.78, 5) is 36.5. The smallest absolute Gasteiger partial charge is 0.251 e. The molecule has 0 radical (unpaired) electrons. The summed E-state index contributed by atoms with van der Waals surface area (Å²) in [6.07, 6.45) is 0. The van der Waals surface area contributed by atoms with Crippen molar-refractivity contribution in [2.24, 2.45) is 0 Å². The molecule has 32 heavy (non-hydrogen) atoms. The van der Waals surface area contributed by atoms with Gasteiger partial charge in [-0.1, -0.05) is 36.4 Å². The standard InChI is InChI=1S/C25H26N4O3/c1-2-26-25(32)20-9-6-10-22(15-20)29-23(30)17-27-21-13-11-19(12-14-21)24(31)28-16-18-7-4-3-5-8-18/h3-15,27H,2,16-17H2,1H3,(H,26,32)(H,28,31)(H,29,30). The van der Waals surface area contributed by atoms with Gasteiger partial charge in [-0.25, -0.2) is 0 Å². The van der Waals surface area contributed by atoms with Crippen molar-refractivity contribution in [2.45, 2.75) is 13.5 Å². The van der Waals surface area contributed by atoms with Crippen LogP contribution in [0, 0.1) is 0 Å². The van der Waals surface area contributed by atoms with Crippen LogP contribution >= 0.6 is 0 Å². The van der Waals surface area contributed by atoms with Gasteiger partial charge in [-0.3, -0.25) is 14.4 Å². The highest BCUT2D eigenvalue weighted by Crippen LogP contribution is 2.12. The Morgan fingerprint density at radius 2 is 1.44 bits per heavy atom. The fourth-order valence-corrected chi connectivity index (χ4v) is 3.01. The zero-order chi connectivity index (χ0) is 22.8. The van der Waals surface area contributed by atoms with E-state index in [1.807, 2.05) is 37.3 Å². The number of rotatable bonds is 9. The summed E-state index contributed by atoms with van der Waals surface area (Å²) < 4.78 is 0. The van der Waals surface area contributed by atoms with E-state index in [1.165, 1.54) is 0 Å². The van der Waals surface area contributed by atoms with Crippen LogP contribution in [0.1, 0.15) is 33.2 Å². The topological polar surface area (TPSA) is 99.3 Å². The van der Waals surface area contributed by atoms with Crippen LogP contribution in [0.3, 0.4) is 0 Å². The van der Waals surface area contributed by atoms with Gasteiger partial charge in [0.15, 0.2) is 0 Å². The molecule has 0 aliphatic rings. The summed E-state index contributed by atoms with van der Waals surface area (Å²) in [6, 6.07) is 23.4. The number of carbonyl (C=O) groups is 3. The molecular formula is C25H26N4O3. The minimum atomic E-state index is -0.247. The lowest BCUT2D eigenvalue weighted by Crippen LogP contribution is -2.24. The third kappa shape index (κ3) is 6.70. The van der Waals surface area contributed by atoms with Crippen molar-refractivity contribution in [1.29, 1.82) is 0 Å². The van der Waals surface area contributed by atoms with Gasteiger partial charge in [0.1, 0.15) is 0 Å². The number of anilines is 2. The van der Waals surface area contributed by atoms with Crippen molar-refractivity contribution >= 4 is 29.1 Å². The van der Waals surface area contributed by atoms with Gasteiger partial charge >= 0.3 is 0 Å². The number of hydrogen-bond acceptors (Lipinski definition) is 4. The summed E-state index contributed by atoms with van der Waals surface area (Å²) in [5.41, 5.74) is 3.32. The third-order valence-corrected chi connectivity index (χ3v) is 4.64. The average molecular weight is 431 g/mol. The quantitative estimate of drug-likeness (QED) is 0.418. The molecule has 3 amide bonds. The molecule has 4 N–H and O–H groups in total. The molecule has 0 unspecified atom stereocenters. The Kier molecular flexibility index (Phi) is 7.97. The molecule has 0 atom stereocenters. The van der Waals surface area contributed by atoms with Crippen LogP contribution in [0.15, 0.2) is 78.9 Å². The zero-order valence-corrected chi connectivity index (χ0v) is 17.9.